The number of methoxy groups -OCH3 is 2. The van der Waals surface area contributed by atoms with Crippen LogP contribution >= 0.6 is 0 Å². The van der Waals surface area contributed by atoms with Crippen molar-refractivity contribution < 1.29 is 17.9 Å². The number of nitrogens with one attached hydrogen (secondary N) is 3. The normalized spacial score (nSPS) is 11.9. The first-order valence-electron chi connectivity index (χ1n) is 8.66. The molecule has 0 aliphatic heterocycles. The molecule has 3 N–H and O–H groups in total. The number of hydrogen-bond donors (Lipinski definition) is 3. The molecule has 1 rings (SSSR count). The van der Waals surface area contributed by atoms with Gasteiger partial charge < -0.3 is 20.1 Å². The summed E-state index contributed by atoms with van der Waals surface area (Å²) in [6.07, 6.45) is 0.667. The van der Waals surface area contributed by atoms with Crippen LogP contribution in [0, 0.1) is 0 Å². The SMILES string of the molecule is CCNC(=NCc1ccc(OC)c(OC)c1)NCCCNS(=O)(=O)CC. The molecule has 0 aromatic heterocycles. The van der Waals surface area contributed by atoms with Crippen LogP contribution in [0.2, 0.25) is 0 Å². The summed E-state index contributed by atoms with van der Waals surface area (Å²) in [6.45, 7) is 5.84. The van der Waals surface area contributed by atoms with E-state index in [-0.39, 0.29) is 5.75 Å². The van der Waals surface area contributed by atoms with Crippen LogP contribution in [0.5, 0.6) is 11.5 Å². The van der Waals surface area contributed by atoms with Gasteiger partial charge in [0, 0.05) is 19.6 Å². The fourth-order valence-corrected chi connectivity index (χ4v) is 2.78. The zero-order valence-corrected chi connectivity index (χ0v) is 16.8. The van der Waals surface area contributed by atoms with Crippen molar-refractivity contribution in [3.05, 3.63) is 23.8 Å². The van der Waals surface area contributed by atoms with E-state index < -0.39 is 10.0 Å². The number of guanidine groups is 1. The summed E-state index contributed by atoms with van der Waals surface area (Å²) < 4.78 is 35.8. The van der Waals surface area contributed by atoms with Gasteiger partial charge in [0.1, 0.15) is 0 Å². The van der Waals surface area contributed by atoms with Crippen LogP contribution < -0.4 is 24.8 Å². The Kier molecular flexibility index (Phi) is 9.82. The van der Waals surface area contributed by atoms with Crippen molar-refractivity contribution in [2.45, 2.75) is 26.8 Å². The quantitative estimate of drug-likeness (QED) is 0.299. The molecule has 0 saturated heterocycles. The van der Waals surface area contributed by atoms with Crippen molar-refractivity contribution in [2.75, 3.05) is 39.6 Å². The number of rotatable bonds is 11. The fourth-order valence-electron chi connectivity index (χ4n) is 2.12. The minimum absolute atomic E-state index is 0.0931. The van der Waals surface area contributed by atoms with Crippen LogP contribution in [-0.4, -0.2) is 54.0 Å². The molecule has 0 bridgehead atoms. The highest BCUT2D eigenvalue weighted by molar-refractivity contribution is 7.89. The lowest BCUT2D eigenvalue weighted by atomic mass is 10.2. The largest absolute Gasteiger partial charge is 0.493 e. The summed E-state index contributed by atoms with van der Waals surface area (Å²) in [4.78, 5) is 4.54. The molecule has 0 saturated carbocycles. The van der Waals surface area contributed by atoms with Crippen molar-refractivity contribution >= 4 is 16.0 Å². The molecule has 0 amide bonds. The lowest BCUT2D eigenvalue weighted by Gasteiger charge is -2.12. The summed E-state index contributed by atoms with van der Waals surface area (Å²) in [6, 6.07) is 5.68. The molecule has 0 atom stereocenters. The Bertz CT molecular complexity index is 677. The van der Waals surface area contributed by atoms with Crippen molar-refractivity contribution in [2.24, 2.45) is 4.99 Å². The molecule has 1 aromatic rings. The Morgan fingerprint density at radius 2 is 1.81 bits per heavy atom. The van der Waals surface area contributed by atoms with Crippen LogP contribution in [0.25, 0.3) is 0 Å². The summed E-state index contributed by atoms with van der Waals surface area (Å²) in [5, 5.41) is 6.36. The molecule has 1 aromatic carbocycles. The highest BCUT2D eigenvalue weighted by atomic mass is 32.2. The van der Waals surface area contributed by atoms with Crippen LogP contribution in [0.4, 0.5) is 0 Å². The second-order valence-corrected chi connectivity index (χ2v) is 7.56. The van der Waals surface area contributed by atoms with Gasteiger partial charge >= 0.3 is 0 Å². The number of benzene rings is 1. The van der Waals surface area contributed by atoms with E-state index in [2.05, 4.69) is 20.3 Å². The lowest BCUT2D eigenvalue weighted by Crippen LogP contribution is -2.38. The molecule has 0 aliphatic carbocycles. The van der Waals surface area contributed by atoms with E-state index in [0.29, 0.717) is 43.5 Å². The van der Waals surface area contributed by atoms with E-state index in [0.717, 1.165) is 12.1 Å². The zero-order valence-electron chi connectivity index (χ0n) is 16.0. The number of sulfonamides is 1. The first-order chi connectivity index (χ1) is 12.5. The Balaban J connectivity index is 2.55. The second-order valence-electron chi connectivity index (χ2n) is 5.46. The zero-order chi connectivity index (χ0) is 19.4. The third-order valence-corrected chi connectivity index (χ3v) is 4.96. The molecule has 8 nitrogen and oxygen atoms in total. The molecule has 26 heavy (non-hydrogen) atoms. The molecule has 0 radical (unpaired) electrons. The van der Waals surface area contributed by atoms with E-state index in [4.69, 9.17) is 9.47 Å². The Morgan fingerprint density at radius 3 is 2.42 bits per heavy atom. The van der Waals surface area contributed by atoms with E-state index >= 15 is 0 Å². The van der Waals surface area contributed by atoms with Crippen molar-refractivity contribution in [3.8, 4) is 11.5 Å². The van der Waals surface area contributed by atoms with Gasteiger partial charge in [0.05, 0.1) is 26.5 Å². The molecule has 0 unspecified atom stereocenters. The van der Waals surface area contributed by atoms with Crippen molar-refractivity contribution in [3.63, 3.8) is 0 Å². The number of hydrogen-bond acceptors (Lipinski definition) is 5. The third-order valence-electron chi connectivity index (χ3n) is 3.56. The molecular formula is C17H30N4O4S. The summed E-state index contributed by atoms with van der Waals surface area (Å²) in [5.74, 6) is 2.12. The average molecular weight is 387 g/mol. The second kappa shape index (κ2) is 11.6. The van der Waals surface area contributed by atoms with Gasteiger partial charge in [-0.25, -0.2) is 18.1 Å². The Labute approximate surface area is 156 Å². The van der Waals surface area contributed by atoms with Crippen LogP contribution in [0.15, 0.2) is 23.2 Å². The van der Waals surface area contributed by atoms with Gasteiger partial charge in [0.15, 0.2) is 17.5 Å². The fraction of sp³-hybridized carbons (Fsp3) is 0.588. The monoisotopic (exact) mass is 386 g/mol. The summed E-state index contributed by atoms with van der Waals surface area (Å²) in [5.41, 5.74) is 0.996. The first-order valence-corrected chi connectivity index (χ1v) is 10.3. The minimum atomic E-state index is -3.13. The van der Waals surface area contributed by atoms with Crippen LogP contribution in [0.3, 0.4) is 0 Å². The highest BCUT2D eigenvalue weighted by Gasteiger charge is 2.06. The maximum Gasteiger partial charge on any atom is 0.211 e. The minimum Gasteiger partial charge on any atom is -0.493 e. The molecule has 0 aliphatic rings. The van der Waals surface area contributed by atoms with Gasteiger partial charge in [0.2, 0.25) is 10.0 Å². The predicted molar refractivity (Wildman–Crippen MR) is 104 cm³/mol. The van der Waals surface area contributed by atoms with E-state index in [1.807, 2.05) is 25.1 Å². The number of ether oxygens (including phenoxy) is 2. The van der Waals surface area contributed by atoms with Crippen molar-refractivity contribution in [1.29, 1.82) is 0 Å². The predicted octanol–water partition coefficient (Wildman–Crippen LogP) is 1.09. The number of nitrogens with zero attached hydrogens (tertiary/aromatic N) is 1. The summed E-state index contributed by atoms with van der Waals surface area (Å²) in [7, 11) is 0.0663. The van der Waals surface area contributed by atoms with Crippen LogP contribution in [0.1, 0.15) is 25.8 Å². The molecule has 0 fully saturated rings. The third kappa shape index (κ3) is 7.92. The molecule has 0 spiro atoms. The molecule has 9 heteroatoms. The molecule has 0 heterocycles. The van der Waals surface area contributed by atoms with Crippen LogP contribution in [-0.2, 0) is 16.6 Å². The lowest BCUT2D eigenvalue weighted by molar-refractivity contribution is 0.354. The van der Waals surface area contributed by atoms with Gasteiger partial charge in [-0.2, -0.15) is 0 Å². The standard InChI is InChI=1S/C17H30N4O4S/c1-5-18-17(19-10-7-11-21-26(22,23)6-2)20-13-14-8-9-15(24-3)16(12-14)25-4/h8-9,12,21H,5-7,10-11,13H2,1-4H3,(H2,18,19,20). The topological polar surface area (TPSA) is 101 Å². The highest BCUT2D eigenvalue weighted by Crippen LogP contribution is 2.27. The van der Waals surface area contributed by atoms with E-state index in [1.165, 1.54) is 0 Å². The average Bonchev–Trinajstić information content (AvgIpc) is 2.65. The molecular weight excluding hydrogens is 356 g/mol. The van der Waals surface area contributed by atoms with E-state index in [1.54, 1.807) is 21.1 Å². The molecule has 148 valence electrons. The van der Waals surface area contributed by atoms with Gasteiger partial charge in [-0.1, -0.05) is 6.07 Å². The van der Waals surface area contributed by atoms with E-state index in [9.17, 15) is 8.42 Å². The maximum atomic E-state index is 11.4. The Morgan fingerprint density at radius 1 is 1.08 bits per heavy atom. The van der Waals surface area contributed by atoms with Gasteiger partial charge in [0.25, 0.3) is 0 Å². The van der Waals surface area contributed by atoms with Gasteiger partial charge in [-0.15, -0.1) is 0 Å². The Hall–Kier alpha value is -2.00. The summed E-state index contributed by atoms with van der Waals surface area (Å²) >= 11 is 0. The number of aliphatic imine (C=N–C) groups is 1. The first kappa shape index (κ1) is 22.0. The van der Waals surface area contributed by atoms with Crippen molar-refractivity contribution in [1.82, 2.24) is 15.4 Å². The smallest absolute Gasteiger partial charge is 0.211 e. The van der Waals surface area contributed by atoms with Gasteiger partial charge in [-0.05, 0) is 38.0 Å². The maximum absolute atomic E-state index is 11.4. The van der Waals surface area contributed by atoms with Gasteiger partial charge in [-0.3, -0.25) is 0 Å².